The van der Waals surface area contributed by atoms with Gasteiger partial charge in [-0.2, -0.15) is 5.26 Å². The second-order valence-corrected chi connectivity index (χ2v) is 10.1. The lowest BCUT2D eigenvalue weighted by Gasteiger charge is -2.41. The molecule has 0 aliphatic carbocycles. The number of rotatable bonds is 3. The number of hydrogen-bond donors (Lipinski definition) is 0. The molecule has 4 aromatic rings. The average molecular weight is 490 g/mol. The van der Waals surface area contributed by atoms with Crippen molar-refractivity contribution in [3.05, 3.63) is 100 Å². The summed E-state index contributed by atoms with van der Waals surface area (Å²) in [6.45, 7) is 8.35. The first-order chi connectivity index (χ1) is 18.0. The summed E-state index contributed by atoms with van der Waals surface area (Å²) in [7, 11) is 2.19. The molecule has 186 valence electrons. The molecule has 3 heterocycles. The fourth-order valence-electron chi connectivity index (χ4n) is 6.09. The first-order valence-corrected chi connectivity index (χ1v) is 12.9. The van der Waals surface area contributed by atoms with E-state index in [1.807, 2.05) is 19.9 Å². The monoisotopic (exact) mass is 489 g/mol. The normalized spacial score (nSPS) is 17.6. The Morgan fingerprint density at radius 3 is 2.35 bits per heavy atom. The van der Waals surface area contributed by atoms with E-state index in [9.17, 15) is 5.26 Å². The zero-order chi connectivity index (χ0) is 25.5. The number of hydrogen-bond acceptors (Lipinski definition) is 6. The van der Waals surface area contributed by atoms with Gasteiger partial charge < -0.3 is 14.3 Å². The van der Waals surface area contributed by atoms with Crippen molar-refractivity contribution in [2.24, 2.45) is 0 Å². The predicted molar refractivity (Wildman–Crippen MR) is 147 cm³/mol. The zero-order valence-corrected chi connectivity index (χ0v) is 21.6. The summed E-state index contributed by atoms with van der Waals surface area (Å²) in [5, 5.41) is 14.1. The molecule has 0 spiro atoms. The Balaban J connectivity index is 1.29. The maximum absolute atomic E-state index is 10.0. The van der Waals surface area contributed by atoms with Crippen LogP contribution in [0.5, 0.6) is 0 Å². The van der Waals surface area contributed by atoms with Gasteiger partial charge in [0.1, 0.15) is 11.8 Å². The summed E-state index contributed by atoms with van der Waals surface area (Å²) in [6.07, 6.45) is 0. The lowest BCUT2D eigenvalue weighted by atomic mass is 9.93. The van der Waals surface area contributed by atoms with E-state index in [0.29, 0.717) is 5.56 Å². The molecule has 2 aliphatic heterocycles. The molecule has 1 saturated heterocycles. The molecule has 0 amide bonds. The van der Waals surface area contributed by atoms with Gasteiger partial charge >= 0.3 is 0 Å². The number of piperazine rings is 1. The first-order valence-electron chi connectivity index (χ1n) is 12.9. The molecule has 6 rings (SSSR count). The van der Waals surface area contributed by atoms with Crippen LogP contribution < -0.4 is 9.80 Å². The molecular weight excluding hydrogens is 458 g/mol. The molecule has 1 fully saturated rings. The third-order valence-corrected chi connectivity index (χ3v) is 7.86. The van der Waals surface area contributed by atoms with Crippen molar-refractivity contribution in [2.45, 2.75) is 26.4 Å². The number of anilines is 2. The minimum Gasteiger partial charge on any atom is -0.370 e. The SMILES string of the molecule is Cc1noc(C)c1-c1ccc(N2CCN(C3c4ccccc4CN(C)c4ccccc43)CC2)c(C#N)c1. The smallest absolute Gasteiger partial charge is 0.141 e. The number of nitriles is 1. The second kappa shape index (κ2) is 9.42. The highest BCUT2D eigenvalue weighted by Gasteiger charge is 2.32. The van der Waals surface area contributed by atoms with Gasteiger partial charge in [-0.15, -0.1) is 0 Å². The summed E-state index contributed by atoms with van der Waals surface area (Å²) in [6, 6.07) is 26.5. The van der Waals surface area contributed by atoms with Crippen molar-refractivity contribution in [3.8, 4) is 17.2 Å². The quantitative estimate of drug-likeness (QED) is 0.368. The molecule has 6 nitrogen and oxygen atoms in total. The topological polar surface area (TPSA) is 59.5 Å². The molecule has 3 aromatic carbocycles. The Labute approximate surface area is 218 Å². The van der Waals surface area contributed by atoms with Crippen molar-refractivity contribution in [1.82, 2.24) is 10.1 Å². The van der Waals surface area contributed by atoms with E-state index >= 15 is 0 Å². The van der Waals surface area contributed by atoms with Crippen LogP contribution in [-0.2, 0) is 6.54 Å². The minimum atomic E-state index is 0.219. The van der Waals surface area contributed by atoms with Crippen LogP contribution in [0, 0.1) is 25.2 Å². The highest BCUT2D eigenvalue weighted by Crippen LogP contribution is 2.41. The molecule has 6 heteroatoms. The van der Waals surface area contributed by atoms with Crippen LogP contribution in [0.2, 0.25) is 0 Å². The predicted octanol–water partition coefficient (Wildman–Crippen LogP) is 5.69. The van der Waals surface area contributed by atoms with E-state index < -0.39 is 0 Å². The van der Waals surface area contributed by atoms with Gasteiger partial charge in [0.2, 0.25) is 0 Å². The van der Waals surface area contributed by atoms with Gasteiger partial charge in [-0.05, 0) is 54.3 Å². The number of benzene rings is 3. The highest BCUT2D eigenvalue weighted by molar-refractivity contribution is 5.74. The summed E-state index contributed by atoms with van der Waals surface area (Å²) in [5.41, 5.74) is 9.94. The van der Waals surface area contributed by atoms with Crippen LogP contribution in [0.1, 0.15) is 39.7 Å². The third-order valence-electron chi connectivity index (χ3n) is 7.86. The number of fused-ring (bicyclic) bond motifs is 2. The van der Waals surface area contributed by atoms with Crippen molar-refractivity contribution in [1.29, 1.82) is 5.26 Å². The van der Waals surface area contributed by atoms with Crippen molar-refractivity contribution in [2.75, 3.05) is 43.0 Å². The van der Waals surface area contributed by atoms with Gasteiger partial charge in [0, 0.05) is 51.0 Å². The lowest BCUT2D eigenvalue weighted by molar-refractivity contribution is 0.212. The van der Waals surface area contributed by atoms with Crippen LogP contribution in [0.15, 0.2) is 71.3 Å². The molecule has 37 heavy (non-hydrogen) atoms. The summed E-state index contributed by atoms with van der Waals surface area (Å²) >= 11 is 0. The Morgan fingerprint density at radius 2 is 1.62 bits per heavy atom. The first kappa shape index (κ1) is 23.3. The van der Waals surface area contributed by atoms with Gasteiger partial charge in [-0.25, -0.2) is 0 Å². The largest absolute Gasteiger partial charge is 0.370 e. The number of nitrogens with zero attached hydrogens (tertiary/aromatic N) is 5. The molecule has 0 saturated carbocycles. The maximum Gasteiger partial charge on any atom is 0.141 e. The van der Waals surface area contributed by atoms with E-state index in [0.717, 1.165) is 61.0 Å². The molecule has 0 radical (unpaired) electrons. The summed E-state index contributed by atoms with van der Waals surface area (Å²) < 4.78 is 5.35. The molecule has 1 aromatic heterocycles. The lowest BCUT2D eigenvalue weighted by Crippen LogP contribution is -2.48. The van der Waals surface area contributed by atoms with Gasteiger partial charge in [-0.3, -0.25) is 4.90 Å². The van der Waals surface area contributed by atoms with Crippen LogP contribution in [-0.4, -0.2) is 43.3 Å². The second-order valence-electron chi connectivity index (χ2n) is 10.1. The van der Waals surface area contributed by atoms with Gasteiger partial charge in [0.05, 0.1) is 23.0 Å². The highest BCUT2D eigenvalue weighted by atomic mass is 16.5. The van der Waals surface area contributed by atoms with Crippen LogP contribution >= 0.6 is 0 Å². The molecule has 2 aliphatic rings. The zero-order valence-electron chi connectivity index (χ0n) is 21.6. The van der Waals surface area contributed by atoms with E-state index in [4.69, 9.17) is 4.52 Å². The summed E-state index contributed by atoms with van der Waals surface area (Å²) in [5.74, 6) is 0.775. The fourth-order valence-corrected chi connectivity index (χ4v) is 6.09. The Morgan fingerprint density at radius 1 is 0.892 bits per heavy atom. The fraction of sp³-hybridized carbons (Fsp3) is 0.290. The van der Waals surface area contributed by atoms with Gasteiger partial charge in [-0.1, -0.05) is 53.7 Å². The molecular formula is C31H31N5O. The standard InChI is InChI=1S/C31H31N5O/c1-21-30(22(2)37-33-21)23-12-13-28(25(18-23)19-32)35-14-16-36(17-15-35)31-26-9-5-4-8-24(26)20-34(3)29-11-7-6-10-27(29)31/h4-13,18,31H,14-17,20H2,1-3H3. The number of aryl methyl sites for hydroxylation is 2. The molecule has 1 atom stereocenters. The van der Waals surface area contributed by atoms with E-state index in [1.165, 1.54) is 22.4 Å². The van der Waals surface area contributed by atoms with Crippen molar-refractivity contribution < 1.29 is 4.52 Å². The third kappa shape index (κ3) is 4.06. The van der Waals surface area contributed by atoms with E-state index in [2.05, 4.69) is 93.6 Å². The van der Waals surface area contributed by atoms with Crippen LogP contribution in [0.4, 0.5) is 11.4 Å². The molecule has 0 N–H and O–H groups in total. The Hall–Kier alpha value is -4.08. The van der Waals surface area contributed by atoms with Crippen molar-refractivity contribution >= 4 is 11.4 Å². The Bertz CT molecular complexity index is 1470. The summed E-state index contributed by atoms with van der Waals surface area (Å²) in [4.78, 5) is 7.33. The molecule has 1 unspecified atom stereocenters. The minimum absolute atomic E-state index is 0.219. The van der Waals surface area contributed by atoms with Gasteiger partial charge in [0.25, 0.3) is 0 Å². The number of aromatic nitrogens is 1. The van der Waals surface area contributed by atoms with Crippen LogP contribution in [0.25, 0.3) is 11.1 Å². The molecule has 0 bridgehead atoms. The maximum atomic E-state index is 10.0. The average Bonchev–Trinajstić information content (AvgIpc) is 3.20. The van der Waals surface area contributed by atoms with E-state index in [1.54, 1.807) is 0 Å². The van der Waals surface area contributed by atoms with E-state index in [-0.39, 0.29) is 6.04 Å². The number of para-hydroxylation sites is 1. The van der Waals surface area contributed by atoms with Crippen LogP contribution in [0.3, 0.4) is 0 Å². The Kier molecular flexibility index (Phi) is 5.94. The van der Waals surface area contributed by atoms with Gasteiger partial charge in [0.15, 0.2) is 0 Å². The van der Waals surface area contributed by atoms with Crippen molar-refractivity contribution in [3.63, 3.8) is 0 Å².